The topological polar surface area (TPSA) is 75.2 Å². The van der Waals surface area contributed by atoms with Gasteiger partial charge in [0, 0.05) is 17.5 Å². The highest BCUT2D eigenvalue weighted by Gasteiger charge is 2.24. The molecule has 2 aromatic rings. The highest BCUT2D eigenvalue weighted by molar-refractivity contribution is 7.03. The van der Waals surface area contributed by atoms with Crippen molar-refractivity contribution in [1.82, 2.24) is 19.8 Å². The SMILES string of the molecule is CCC(C)(C)NC(=O)CN(CCc1ccccc1)C(=O)c1csnn1. The van der Waals surface area contributed by atoms with Gasteiger partial charge >= 0.3 is 0 Å². The first-order chi connectivity index (χ1) is 11.9. The smallest absolute Gasteiger partial charge is 0.275 e. The van der Waals surface area contributed by atoms with Crippen molar-refractivity contribution in [2.75, 3.05) is 13.1 Å². The molecule has 0 aliphatic rings. The van der Waals surface area contributed by atoms with Crippen molar-refractivity contribution in [2.45, 2.75) is 39.2 Å². The normalized spacial score (nSPS) is 11.2. The van der Waals surface area contributed by atoms with Crippen LogP contribution in [0.4, 0.5) is 0 Å². The van der Waals surface area contributed by atoms with Crippen molar-refractivity contribution < 1.29 is 9.59 Å². The van der Waals surface area contributed by atoms with Crippen molar-refractivity contribution in [3.63, 3.8) is 0 Å². The molecule has 2 rings (SSSR count). The van der Waals surface area contributed by atoms with Gasteiger partial charge in [0.2, 0.25) is 5.91 Å². The van der Waals surface area contributed by atoms with Gasteiger partial charge in [-0.3, -0.25) is 9.59 Å². The number of carbonyl (C=O) groups is 2. The number of benzene rings is 1. The fraction of sp³-hybridized carbons (Fsp3) is 0.444. The number of aromatic nitrogens is 2. The van der Waals surface area contributed by atoms with E-state index in [9.17, 15) is 9.59 Å². The Morgan fingerprint density at radius 1 is 1.24 bits per heavy atom. The summed E-state index contributed by atoms with van der Waals surface area (Å²) >= 11 is 1.12. The zero-order valence-corrected chi connectivity index (χ0v) is 15.7. The Morgan fingerprint density at radius 3 is 2.56 bits per heavy atom. The maximum atomic E-state index is 12.6. The predicted molar refractivity (Wildman–Crippen MR) is 98.5 cm³/mol. The number of hydrogen-bond donors (Lipinski definition) is 1. The Bertz CT molecular complexity index is 686. The maximum absolute atomic E-state index is 12.6. The summed E-state index contributed by atoms with van der Waals surface area (Å²) in [5, 5.41) is 8.41. The molecule has 1 aromatic heterocycles. The van der Waals surface area contributed by atoms with Gasteiger partial charge in [0.05, 0.1) is 6.54 Å². The Hall–Kier alpha value is -2.28. The zero-order valence-electron chi connectivity index (χ0n) is 14.9. The lowest BCUT2D eigenvalue weighted by molar-refractivity contribution is -0.123. The zero-order chi connectivity index (χ0) is 18.3. The monoisotopic (exact) mass is 360 g/mol. The van der Waals surface area contributed by atoms with E-state index in [1.807, 2.05) is 51.1 Å². The van der Waals surface area contributed by atoms with Crippen molar-refractivity contribution in [3.8, 4) is 0 Å². The third-order valence-electron chi connectivity index (χ3n) is 4.08. The third-order valence-corrected chi connectivity index (χ3v) is 4.58. The molecule has 6 nitrogen and oxygen atoms in total. The van der Waals surface area contributed by atoms with E-state index in [4.69, 9.17) is 0 Å². The van der Waals surface area contributed by atoms with E-state index in [2.05, 4.69) is 14.9 Å². The second-order valence-electron chi connectivity index (χ2n) is 6.54. The molecule has 0 bridgehead atoms. The van der Waals surface area contributed by atoms with Gasteiger partial charge in [0.15, 0.2) is 5.69 Å². The molecular weight excluding hydrogens is 336 g/mol. The highest BCUT2D eigenvalue weighted by atomic mass is 32.1. The van der Waals surface area contributed by atoms with Gasteiger partial charge in [0.25, 0.3) is 5.91 Å². The second kappa shape index (κ2) is 8.71. The van der Waals surface area contributed by atoms with Crippen LogP contribution in [0.15, 0.2) is 35.7 Å². The molecule has 2 amide bonds. The van der Waals surface area contributed by atoms with E-state index in [-0.39, 0.29) is 29.6 Å². The van der Waals surface area contributed by atoms with Gasteiger partial charge in [-0.25, -0.2) is 0 Å². The molecule has 0 spiro atoms. The number of carbonyl (C=O) groups excluding carboxylic acids is 2. The Morgan fingerprint density at radius 2 is 1.96 bits per heavy atom. The first kappa shape index (κ1) is 19.1. The highest BCUT2D eigenvalue weighted by Crippen LogP contribution is 2.09. The first-order valence-electron chi connectivity index (χ1n) is 8.32. The van der Waals surface area contributed by atoms with Crippen LogP contribution >= 0.6 is 11.5 Å². The molecule has 0 radical (unpaired) electrons. The van der Waals surface area contributed by atoms with Crippen LogP contribution in [0, 0.1) is 0 Å². The Labute approximate surface area is 152 Å². The predicted octanol–water partition coefficient (Wildman–Crippen LogP) is 2.53. The van der Waals surface area contributed by atoms with E-state index in [1.54, 1.807) is 5.38 Å². The summed E-state index contributed by atoms with van der Waals surface area (Å²) in [5.74, 6) is -0.439. The van der Waals surface area contributed by atoms with Gasteiger partial charge in [-0.15, -0.1) is 5.10 Å². The molecule has 0 unspecified atom stereocenters. The fourth-order valence-corrected chi connectivity index (χ4v) is 2.69. The van der Waals surface area contributed by atoms with Crippen molar-refractivity contribution in [2.24, 2.45) is 0 Å². The Balaban J connectivity index is 2.06. The second-order valence-corrected chi connectivity index (χ2v) is 7.15. The minimum Gasteiger partial charge on any atom is -0.350 e. The summed E-state index contributed by atoms with van der Waals surface area (Å²) in [5.41, 5.74) is 1.10. The molecule has 0 saturated carbocycles. The van der Waals surface area contributed by atoms with Crippen LogP contribution in [-0.2, 0) is 11.2 Å². The molecule has 0 atom stereocenters. The average Bonchev–Trinajstić information content (AvgIpc) is 3.13. The molecule has 0 aliphatic carbocycles. The number of hydrogen-bond acceptors (Lipinski definition) is 5. The maximum Gasteiger partial charge on any atom is 0.275 e. The first-order valence-corrected chi connectivity index (χ1v) is 9.16. The quantitative estimate of drug-likeness (QED) is 0.785. The summed E-state index contributed by atoms with van der Waals surface area (Å²) in [6.07, 6.45) is 1.49. The molecule has 1 heterocycles. The Kier molecular flexibility index (Phi) is 6.64. The molecule has 1 aromatic carbocycles. The van der Waals surface area contributed by atoms with Crippen molar-refractivity contribution in [3.05, 3.63) is 47.0 Å². The molecule has 1 N–H and O–H groups in total. The summed E-state index contributed by atoms with van der Waals surface area (Å²) in [7, 11) is 0. The van der Waals surface area contributed by atoms with Gasteiger partial charge in [-0.05, 0) is 43.8 Å². The van der Waals surface area contributed by atoms with Crippen LogP contribution in [0.3, 0.4) is 0 Å². The van der Waals surface area contributed by atoms with E-state index in [1.165, 1.54) is 4.90 Å². The van der Waals surface area contributed by atoms with Crippen LogP contribution in [0.25, 0.3) is 0 Å². The summed E-state index contributed by atoms with van der Waals surface area (Å²) in [4.78, 5) is 26.6. The lowest BCUT2D eigenvalue weighted by Gasteiger charge is -2.27. The average molecular weight is 360 g/mol. The van der Waals surface area contributed by atoms with E-state index < -0.39 is 0 Å². The summed E-state index contributed by atoms with van der Waals surface area (Å²) < 4.78 is 3.74. The van der Waals surface area contributed by atoms with Crippen LogP contribution in [0.2, 0.25) is 0 Å². The van der Waals surface area contributed by atoms with Crippen LogP contribution in [0.1, 0.15) is 43.2 Å². The number of rotatable bonds is 8. The van der Waals surface area contributed by atoms with Gasteiger partial charge in [-0.2, -0.15) is 0 Å². The van der Waals surface area contributed by atoms with E-state index in [0.29, 0.717) is 13.0 Å². The lowest BCUT2D eigenvalue weighted by atomic mass is 10.0. The molecule has 25 heavy (non-hydrogen) atoms. The number of nitrogens with zero attached hydrogens (tertiary/aromatic N) is 3. The van der Waals surface area contributed by atoms with Crippen LogP contribution in [0.5, 0.6) is 0 Å². The molecular formula is C18H24N4O2S. The lowest BCUT2D eigenvalue weighted by Crippen LogP contribution is -2.49. The van der Waals surface area contributed by atoms with E-state index >= 15 is 0 Å². The third kappa shape index (κ3) is 5.94. The van der Waals surface area contributed by atoms with Gasteiger partial charge < -0.3 is 10.2 Å². The van der Waals surface area contributed by atoms with Gasteiger partial charge in [-0.1, -0.05) is 41.7 Å². The van der Waals surface area contributed by atoms with Gasteiger partial charge in [0.1, 0.15) is 0 Å². The molecule has 7 heteroatoms. The number of amides is 2. The molecule has 0 saturated heterocycles. The van der Waals surface area contributed by atoms with Crippen LogP contribution < -0.4 is 5.32 Å². The minimum absolute atomic E-state index is 0.00657. The largest absolute Gasteiger partial charge is 0.350 e. The fourth-order valence-electron chi connectivity index (χ4n) is 2.26. The standard InChI is InChI=1S/C18H24N4O2S/c1-4-18(2,3)19-16(23)12-22(17(24)15-13-25-21-20-15)11-10-14-8-6-5-7-9-14/h5-9,13H,4,10-12H2,1-3H3,(H,19,23). The summed E-state index contributed by atoms with van der Waals surface area (Å²) in [6, 6.07) is 9.89. The van der Waals surface area contributed by atoms with Crippen molar-refractivity contribution >= 4 is 23.3 Å². The molecule has 134 valence electrons. The van der Waals surface area contributed by atoms with Crippen LogP contribution in [-0.4, -0.2) is 44.9 Å². The molecule has 0 fully saturated rings. The van der Waals surface area contributed by atoms with Crippen molar-refractivity contribution in [1.29, 1.82) is 0 Å². The summed E-state index contributed by atoms with van der Waals surface area (Å²) in [6.45, 7) is 6.39. The van der Waals surface area contributed by atoms with E-state index in [0.717, 1.165) is 23.5 Å². The number of nitrogens with one attached hydrogen (secondary N) is 1. The minimum atomic E-state index is -0.298. The molecule has 0 aliphatic heterocycles.